The molecule has 5 atom stereocenters. The van der Waals surface area contributed by atoms with Crippen LogP contribution in [0, 0.1) is 26.7 Å². The second-order valence-electron chi connectivity index (χ2n) is 10.4. The van der Waals surface area contributed by atoms with Gasteiger partial charge in [0.05, 0.1) is 16.7 Å². The third kappa shape index (κ3) is 7.69. The molecule has 2 unspecified atom stereocenters. The van der Waals surface area contributed by atoms with Crippen molar-refractivity contribution in [3.63, 3.8) is 0 Å². The summed E-state index contributed by atoms with van der Waals surface area (Å²) in [6.45, 7) is 6.97. The molecule has 1 aliphatic rings. The highest BCUT2D eigenvalue weighted by Crippen LogP contribution is 2.33. The van der Waals surface area contributed by atoms with Crippen LogP contribution in [0.1, 0.15) is 54.7 Å². The van der Waals surface area contributed by atoms with Crippen LogP contribution in [-0.4, -0.2) is 56.2 Å². The Morgan fingerprint density at radius 2 is 1.12 bits per heavy atom. The maximum absolute atomic E-state index is 13.3. The summed E-state index contributed by atoms with van der Waals surface area (Å²) >= 11 is 18.6. The Labute approximate surface area is 265 Å². The van der Waals surface area contributed by atoms with Crippen LogP contribution in [-0.2, 0) is 23.7 Å². The fourth-order valence-corrected chi connectivity index (χ4v) is 5.04. The van der Waals surface area contributed by atoms with Gasteiger partial charge in [-0.3, -0.25) is 0 Å². The average Bonchev–Trinajstić information content (AvgIpc) is 2.98. The molecule has 0 N–H and O–H groups in total. The smallest absolute Gasteiger partial charge is 0.338 e. The van der Waals surface area contributed by atoms with Crippen molar-refractivity contribution in [3.05, 3.63) is 103 Å². The van der Waals surface area contributed by atoms with Gasteiger partial charge >= 0.3 is 17.9 Å². The Bertz CT molecular complexity index is 1520. The number of esters is 3. The zero-order chi connectivity index (χ0) is 31.4. The minimum absolute atomic E-state index is 0.196. The molecule has 1 saturated heterocycles. The molecule has 0 aliphatic carbocycles. The lowest BCUT2D eigenvalue weighted by Crippen LogP contribution is -2.58. The monoisotopic (exact) mass is 648 g/mol. The molecule has 4 rings (SSSR count). The lowest BCUT2D eigenvalue weighted by molar-refractivity contribution is -0.278. The van der Waals surface area contributed by atoms with Gasteiger partial charge in [-0.2, -0.15) is 0 Å². The molecule has 0 amide bonds. The van der Waals surface area contributed by atoms with Crippen LogP contribution in [0.15, 0.2) is 54.6 Å². The van der Waals surface area contributed by atoms with E-state index in [4.69, 9.17) is 58.5 Å². The van der Waals surface area contributed by atoms with E-state index in [-0.39, 0.29) is 23.3 Å². The van der Waals surface area contributed by atoms with Gasteiger partial charge in [0, 0.05) is 28.1 Å². The highest BCUT2D eigenvalue weighted by molar-refractivity contribution is 6.32. The largest absolute Gasteiger partial charge is 0.459 e. The molecule has 0 radical (unpaired) electrons. The summed E-state index contributed by atoms with van der Waals surface area (Å²) in [7, 11) is 1.36. The molecule has 0 aromatic heterocycles. The summed E-state index contributed by atoms with van der Waals surface area (Å²) in [4.78, 5) is 39.3. The van der Waals surface area contributed by atoms with E-state index in [2.05, 4.69) is 0 Å². The summed E-state index contributed by atoms with van der Waals surface area (Å²) in [6.07, 6.45) is -4.20. The van der Waals surface area contributed by atoms with Gasteiger partial charge in [0.2, 0.25) is 0 Å². The maximum atomic E-state index is 13.3. The van der Waals surface area contributed by atoms with Gasteiger partial charge in [0.25, 0.3) is 0 Å². The summed E-state index contributed by atoms with van der Waals surface area (Å²) < 4.78 is 28.9. The Morgan fingerprint density at radius 3 is 1.53 bits per heavy atom. The first-order chi connectivity index (χ1) is 20.4. The van der Waals surface area contributed by atoms with Crippen molar-refractivity contribution in [2.24, 2.45) is 5.92 Å². The third-order valence-corrected chi connectivity index (χ3v) is 8.55. The molecule has 1 heterocycles. The van der Waals surface area contributed by atoms with E-state index >= 15 is 0 Å². The van der Waals surface area contributed by atoms with Gasteiger partial charge in [-0.05, 0) is 73.9 Å². The summed E-state index contributed by atoms with van der Waals surface area (Å²) in [5.74, 6) is -2.64. The summed E-state index contributed by atoms with van der Waals surface area (Å²) in [5.41, 5.74) is 3.07. The van der Waals surface area contributed by atoms with Crippen LogP contribution in [0.3, 0.4) is 0 Å². The number of carbonyl (C=O) groups is 3. The van der Waals surface area contributed by atoms with Crippen molar-refractivity contribution >= 4 is 52.7 Å². The number of methoxy groups -OCH3 is 1. The summed E-state index contributed by atoms with van der Waals surface area (Å²) in [5, 5.41) is 1.21. The third-order valence-electron chi connectivity index (χ3n) is 7.33. The van der Waals surface area contributed by atoms with E-state index in [1.165, 1.54) is 25.3 Å². The molecule has 228 valence electrons. The number of halogens is 3. The van der Waals surface area contributed by atoms with Gasteiger partial charge in [-0.1, -0.05) is 59.9 Å². The number of aryl methyl sites for hydroxylation is 3. The van der Waals surface area contributed by atoms with Gasteiger partial charge in [0.1, 0.15) is 18.8 Å². The first-order valence-electron chi connectivity index (χ1n) is 13.5. The van der Waals surface area contributed by atoms with Gasteiger partial charge in [-0.15, -0.1) is 0 Å². The van der Waals surface area contributed by atoms with Gasteiger partial charge in [-0.25, -0.2) is 14.4 Å². The van der Waals surface area contributed by atoms with Crippen LogP contribution in [0.5, 0.6) is 0 Å². The standard InChI is InChI=1S/C32H31Cl3O8/c1-16-6-9-20(12-23(16)33)29(36)40-15-26-19(4)27(42-30(37)21-10-7-17(2)24(34)13-21)28(32(39-5)41-26)43-31(38)22-11-8-18(3)25(35)14-22/h6-14,19,26-28,32H,15H2,1-5H3/t19-,26?,27?,28+,32-/m1/s1. The second kappa shape index (κ2) is 14.1. The van der Waals surface area contributed by atoms with Gasteiger partial charge in [0.15, 0.2) is 12.4 Å². The number of rotatable bonds is 8. The van der Waals surface area contributed by atoms with E-state index < -0.39 is 48.4 Å². The van der Waals surface area contributed by atoms with E-state index in [0.717, 1.165) is 16.7 Å². The topological polar surface area (TPSA) is 97.4 Å². The minimum Gasteiger partial charge on any atom is -0.459 e. The fourth-order valence-electron chi connectivity index (χ4n) is 4.50. The molecule has 0 spiro atoms. The van der Waals surface area contributed by atoms with Crippen molar-refractivity contribution in [3.8, 4) is 0 Å². The lowest BCUT2D eigenvalue weighted by atomic mass is 9.90. The predicted octanol–water partition coefficient (Wildman–Crippen LogP) is 7.19. The lowest BCUT2D eigenvalue weighted by Gasteiger charge is -2.43. The highest BCUT2D eigenvalue weighted by atomic mass is 35.5. The van der Waals surface area contributed by atoms with Crippen molar-refractivity contribution in [2.45, 2.75) is 52.3 Å². The average molecular weight is 650 g/mol. The van der Waals surface area contributed by atoms with Crippen molar-refractivity contribution in [1.29, 1.82) is 0 Å². The number of carbonyl (C=O) groups excluding carboxylic acids is 3. The van der Waals surface area contributed by atoms with E-state index in [1.54, 1.807) is 43.3 Å². The van der Waals surface area contributed by atoms with Crippen molar-refractivity contribution in [2.75, 3.05) is 13.7 Å². The normalized spacial score (nSPS) is 21.6. The minimum atomic E-state index is -1.18. The number of hydrogen-bond donors (Lipinski definition) is 0. The molecule has 1 fully saturated rings. The van der Waals surface area contributed by atoms with E-state index in [0.29, 0.717) is 15.1 Å². The van der Waals surface area contributed by atoms with Crippen LogP contribution in [0.4, 0.5) is 0 Å². The SMILES string of the molecule is CO[C@@H]1OC(COC(=O)c2ccc(C)c(Cl)c2)[C@@H](C)C(OC(=O)c2ccc(C)c(Cl)c2)[C@@H]1OC(=O)c1ccc(C)c(Cl)c1. The Kier molecular flexibility index (Phi) is 10.7. The molecular weight excluding hydrogens is 619 g/mol. The van der Waals surface area contributed by atoms with Crippen LogP contribution < -0.4 is 0 Å². The van der Waals surface area contributed by atoms with Crippen LogP contribution >= 0.6 is 34.8 Å². The fraction of sp³-hybridized carbons (Fsp3) is 0.344. The molecule has 8 nitrogen and oxygen atoms in total. The quantitative estimate of drug-likeness (QED) is 0.187. The molecular formula is C32H31Cl3O8. The Hall–Kier alpha value is -3.14. The molecule has 43 heavy (non-hydrogen) atoms. The highest BCUT2D eigenvalue weighted by Gasteiger charge is 2.49. The first-order valence-corrected chi connectivity index (χ1v) is 14.6. The van der Waals surface area contributed by atoms with E-state index in [9.17, 15) is 14.4 Å². The molecule has 0 bridgehead atoms. The second-order valence-corrected chi connectivity index (χ2v) is 11.6. The molecule has 3 aromatic carbocycles. The van der Waals surface area contributed by atoms with Crippen molar-refractivity contribution in [1.82, 2.24) is 0 Å². The molecule has 0 saturated carbocycles. The number of benzene rings is 3. The molecule has 1 aliphatic heterocycles. The van der Waals surface area contributed by atoms with Crippen LogP contribution in [0.25, 0.3) is 0 Å². The zero-order valence-electron chi connectivity index (χ0n) is 24.2. The first kappa shape index (κ1) is 32.8. The predicted molar refractivity (Wildman–Crippen MR) is 162 cm³/mol. The maximum Gasteiger partial charge on any atom is 0.338 e. The van der Waals surface area contributed by atoms with Crippen LogP contribution in [0.2, 0.25) is 15.1 Å². The van der Waals surface area contributed by atoms with Gasteiger partial charge < -0.3 is 23.7 Å². The summed E-state index contributed by atoms with van der Waals surface area (Å²) in [6, 6.07) is 14.4. The number of ether oxygens (including phenoxy) is 5. The van der Waals surface area contributed by atoms with Crippen molar-refractivity contribution < 1.29 is 38.1 Å². The molecule has 3 aromatic rings. The Balaban J connectivity index is 1.59. The van der Waals surface area contributed by atoms with E-state index in [1.807, 2.05) is 20.8 Å². The zero-order valence-corrected chi connectivity index (χ0v) is 26.5. The molecule has 11 heteroatoms. The Morgan fingerprint density at radius 1 is 0.698 bits per heavy atom. The number of hydrogen-bond acceptors (Lipinski definition) is 8.